The second-order valence-electron chi connectivity index (χ2n) is 6.83. The van der Waals surface area contributed by atoms with Crippen LogP contribution >= 0.6 is 0 Å². The van der Waals surface area contributed by atoms with Gasteiger partial charge in [0.2, 0.25) is 0 Å². The van der Waals surface area contributed by atoms with E-state index in [0.717, 1.165) is 5.56 Å². The Hall–Kier alpha value is -2.89. The number of anilines is 1. The minimum atomic E-state index is -0.574. The van der Waals surface area contributed by atoms with Gasteiger partial charge >= 0.3 is 0 Å². The summed E-state index contributed by atoms with van der Waals surface area (Å²) in [5.74, 6) is -0.510. The molecule has 1 aliphatic rings. The smallest absolute Gasteiger partial charge is 0.264 e. The quantitative estimate of drug-likeness (QED) is 0.885. The first-order valence-electron chi connectivity index (χ1n) is 9.06. The molecule has 142 valence electrons. The molecule has 2 amide bonds. The number of carbonyl (C=O) groups excluding carboxylic acids is 2. The maximum absolute atomic E-state index is 13.8. The van der Waals surface area contributed by atoms with Crippen LogP contribution in [0.2, 0.25) is 0 Å². The second kappa shape index (κ2) is 7.78. The number of ether oxygens (including phenoxy) is 1. The Balaban J connectivity index is 1.88. The summed E-state index contributed by atoms with van der Waals surface area (Å²) in [6.45, 7) is 6.22. The van der Waals surface area contributed by atoms with E-state index in [9.17, 15) is 14.0 Å². The molecule has 0 bridgehead atoms. The fraction of sp³-hybridized carbons (Fsp3) is 0.333. The predicted molar refractivity (Wildman–Crippen MR) is 101 cm³/mol. The third kappa shape index (κ3) is 3.94. The molecular weight excluding hydrogens is 347 g/mol. The normalized spacial score (nSPS) is 16.6. The Morgan fingerprint density at radius 3 is 2.70 bits per heavy atom. The molecule has 5 nitrogen and oxygen atoms in total. The molecule has 1 atom stereocenters. The molecule has 2 aromatic rings. The van der Waals surface area contributed by atoms with E-state index in [1.165, 1.54) is 18.2 Å². The summed E-state index contributed by atoms with van der Waals surface area (Å²) in [4.78, 5) is 26.8. The number of benzene rings is 2. The zero-order valence-electron chi connectivity index (χ0n) is 15.7. The maximum Gasteiger partial charge on any atom is 0.264 e. The van der Waals surface area contributed by atoms with Crippen molar-refractivity contribution in [1.82, 2.24) is 4.90 Å². The summed E-state index contributed by atoms with van der Waals surface area (Å²) in [5.41, 5.74) is 1.31. The van der Waals surface area contributed by atoms with Gasteiger partial charge in [0.25, 0.3) is 11.8 Å². The summed E-state index contributed by atoms with van der Waals surface area (Å²) in [5, 5.41) is 2.71. The van der Waals surface area contributed by atoms with E-state index in [4.69, 9.17) is 4.74 Å². The van der Waals surface area contributed by atoms with Gasteiger partial charge in [0, 0.05) is 23.8 Å². The van der Waals surface area contributed by atoms with Crippen molar-refractivity contribution in [2.24, 2.45) is 0 Å². The number of halogens is 1. The third-order valence-electron chi connectivity index (χ3n) is 4.60. The molecule has 3 rings (SSSR count). The van der Waals surface area contributed by atoms with E-state index in [2.05, 4.69) is 5.32 Å². The second-order valence-corrected chi connectivity index (χ2v) is 6.83. The van der Waals surface area contributed by atoms with Crippen molar-refractivity contribution in [1.29, 1.82) is 0 Å². The van der Waals surface area contributed by atoms with Gasteiger partial charge in [-0.2, -0.15) is 0 Å². The number of nitrogens with one attached hydrogen (secondary N) is 1. The van der Waals surface area contributed by atoms with Crippen molar-refractivity contribution in [3.63, 3.8) is 0 Å². The van der Waals surface area contributed by atoms with Crippen LogP contribution in [0.5, 0.6) is 5.75 Å². The van der Waals surface area contributed by atoms with Crippen molar-refractivity contribution in [3.05, 3.63) is 59.4 Å². The van der Waals surface area contributed by atoms with Gasteiger partial charge < -0.3 is 15.0 Å². The fourth-order valence-electron chi connectivity index (χ4n) is 3.08. The molecular formula is C21H23FN2O3. The molecule has 1 N–H and O–H groups in total. The minimum Gasteiger partial charge on any atom is -0.480 e. The van der Waals surface area contributed by atoms with Crippen molar-refractivity contribution >= 4 is 17.5 Å². The van der Waals surface area contributed by atoms with Gasteiger partial charge in [0.05, 0.1) is 5.56 Å². The van der Waals surface area contributed by atoms with Gasteiger partial charge in [-0.05, 0) is 50.6 Å². The van der Waals surface area contributed by atoms with E-state index in [-0.39, 0.29) is 17.5 Å². The van der Waals surface area contributed by atoms with Crippen molar-refractivity contribution < 1.29 is 18.7 Å². The molecule has 1 unspecified atom stereocenters. The highest BCUT2D eigenvalue weighted by Crippen LogP contribution is 2.30. The molecule has 0 spiro atoms. The van der Waals surface area contributed by atoms with Crippen LogP contribution in [0.3, 0.4) is 0 Å². The number of hydrogen-bond acceptors (Lipinski definition) is 3. The lowest BCUT2D eigenvalue weighted by atomic mass is 10.1. The monoisotopic (exact) mass is 370 g/mol. The molecule has 0 fully saturated rings. The van der Waals surface area contributed by atoms with Gasteiger partial charge in [-0.25, -0.2) is 4.39 Å². The highest BCUT2D eigenvalue weighted by atomic mass is 19.1. The number of hydrogen-bond donors (Lipinski definition) is 1. The van der Waals surface area contributed by atoms with Gasteiger partial charge in [-0.15, -0.1) is 0 Å². The molecule has 0 saturated carbocycles. The van der Waals surface area contributed by atoms with Crippen LogP contribution in [-0.4, -0.2) is 28.9 Å². The van der Waals surface area contributed by atoms with E-state index >= 15 is 0 Å². The number of amides is 2. The van der Waals surface area contributed by atoms with Gasteiger partial charge in [-0.3, -0.25) is 9.59 Å². The van der Waals surface area contributed by atoms with Crippen LogP contribution < -0.4 is 10.1 Å². The lowest BCUT2D eigenvalue weighted by Gasteiger charge is -2.27. The summed E-state index contributed by atoms with van der Waals surface area (Å²) >= 11 is 0. The fourth-order valence-corrected chi connectivity index (χ4v) is 3.08. The van der Waals surface area contributed by atoms with E-state index in [1.807, 2.05) is 20.8 Å². The van der Waals surface area contributed by atoms with Crippen LogP contribution in [0.4, 0.5) is 10.1 Å². The minimum absolute atomic E-state index is 0.0197. The topological polar surface area (TPSA) is 58.6 Å². The van der Waals surface area contributed by atoms with Crippen LogP contribution in [0, 0.1) is 5.82 Å². The molecule has 2 aromatic carbocycles. The Labute approximate surface area is 158 Å². The Morgan fingerprint density at radius 2 is 2.04 bits per heavy atom. The summed E-state index contributed by atoms with van der Waals surface area (Å²) in [6, 6.07) is 11.1. The highest BCUT2D eigenvalue weighted by molar-refractivity contribution is 6.04. The zero-order valence-corrected chi connectivity index (χ0v) is 15.7. The lowest BCUT2D eigenvalue weighted by molar-refractivity contribution is -0.140. The number of carbonyl (C=O) groups is 2. The molecule has 0 aliphatic carbocycles. The average molecular weight is 370 g/mol. The summed E-state index contributed by atoms with van der Waals surface area (Å²) in [6.07, 6.45) is 0.0558. The van der Waals surface area contributed by atoms with Crippen molar-refractivity contribution in [2.45, 2.75) is 45.9 Å². The van der Waals surface area contributed by atoms with E-state index < -0.39 is 17.8 Å². The number of rotatable bonds is 4. The predicted octanol–water partition coefficient (Wildman–Crippen LogP) is 3.99. The SMILES string of the molecule is CCC1Oc2ccc(NC(=O)c3ccccc3F)cc2CN(C(C)C)C1=O. The Morgan fingerprint density at radius 1 is 1.30 bits per heavy atom. The number of fused-ring (bicyclic) bond motifs is 1. The largest absolute Gasteiger partial charge is 0.480 e. The molecule has 0 radical (unpaired) electrons. The Bertz CT molecular complexity index is 866. The van der Waals surface area contributed by atoms with Gasteiger partial charge in [-0.1, -0.05) is 19.1 Å². The van der Waals surface area contributed by atoms with Crippen LogP contribution in [0.1, 0.15) is 43.1 Å². The average Bonchev–Trinajstić information content (AvgIpc) is 2.78. The Kier molecular flexibility index (Phi) is 5.44. The first-order chi connectivity index (χ1) is 12.9. The van der Waals surface area contributed by atoms with Crippen LogP contribution in [0.15, 0.2) is 42.5 Å². The molecule has 6 heteroatoms. The highest BCUT2D eigenvalue weighted by Gasteiger charge is 2.31. The van der Waals surface area contributed by atoms with Crippen LogP contribution in [0.25, 0.3) is 0 Å². The lowest BCUT2D eigenvalue weighted by Crippen LogP contribution is -2.42. The summed E-state index contributed by atoms with van der Waals surface area (Å²) in [7, 11) is 0. The van der Waals surface area contributed by atoms with Gasteiger partial charge in [0.15, 0.2) is 6.10 Å². The van der Waals surface area contributed by atoms with Crippen molar-refractivity contribution in [2.75, 3.05) is 5.32 Å². The first kappa shape index (κ1) is 18.9. The standard InChI is InChI=1S/C21H23FN2O3/c1-4-18-21(26)24(13(2)3)12-14-11-15(9-10-19(14)27-18)23-20(25)16-7-5-6-8-17(16)22/h5-11,13,18H,4,12H2,1-3H3,(H,23,25). The third-order valence-corrected chi connectivity index (χ3v) is 4.60. The maximum atomic E-state index is 13.8. The van der Waals surface area contributed by atoms with E-state index in [0.29, 0.717) is 24.4 Å². The zero-order chi connectivity index (χ0) is 19.6. The summed E-state index contributed by atoms with van der Waals surface area (Å²) < 4.78 is 19.7. The van der Waals surface area contributed by atoms with Crippen LogP contribution in [-0.2, 0) is 11.3 Å². The van der Waals surface area contributed by atoms with Crippen molar-refractivity contribution in [3.8, 4) is 5.75 Å². The molecule has 1 heterocycles. The molecule has 0 saturated heterocycles. The molecule has 27 heavy (non-hydrogen) atoms. The molecule has 1 aliphatic heterocycles. The first-order valence-corrected chi connectivity index (χ1v) is 9.06. The van der Waals surface area contributed by atoms with E-state index in [1.54, 1.807) is 29.2 Å². The number of nitrogens with zero attached hydrogens (tertiary/aromatic N) is 1. The molecule has 0 aromatic heterocycles. The van der Waals surface area contributed by atoms with Gasteiger partial charge in [0.1, 0.15) is 11.6 Å².